The van der Waals surface area contributed by atoms with Crippen LogP contribution in [0.4, 0.5) is 5.69 Å². The van der Waals surface area contributed by atoms with E-state index in [1.807, 2.05) is 36.7 Å². The van der Waals surface area contributed by atoms with Gasteiger partial charge in [0.05, 0.1) is 11.4 Å². The summed E-state index contributed by atoms with van der Waals surface area (Å²) >= 11 is 0. The molecule has 0 aliphatic heterocycles. The second kappa shape index (κ2) is 22.8. The molecule has 0 bridgehead atoms. The van der Waals surface area contributed by atoms with Gasteiger partial charge >= 0.3 is 0 Å². The number of nitrogens with one attached hydrogen (secondary N) is 1. The normalized spacial score (nSPS) is 11.3. The number of hydrogen-bond donors (Lipinski definition) is 3. The maximum Gasteiger partial charge on any atom is 0.163 e. The summed E-state index contributed by atoms with van der Waals surface area (Å²) in [6, 6.07) is 35.7. The van der Waals surface area contributed by atoms with Crippen LogP contribution < -0.4 is 5.73 Å². The van der Waals surface area contributed by atoms with Crippen LogP contribution in [0.3, 0.4) is 0 Å². The molecular formula is C52H74MoN4O. The molecule has 3 heterocycles. The molecule has 0 aliphatic carbocycles. The first-order valence-corrected chi connectivity index (χ1v) is 21.1. The predicted octanol–water partition coefficient (Wildman–Crippen LogP) is 15.0. The van der Waals surface area contributed by atoms with Gasteiger partial charge in [-0.05, 0) is 106 Å². The molecule has 0 saturated carbocycles. The number of anilines is 1. The Morgan fingerprint density at radius 3 is 1.07 bits per heavy atom. The van der Waals surface area contributed by atoms with Crippen molar-refractivity contribution < 1.29 is 26.2 Å². The molecule has 0 fully saturated rings. The van der Waals surface area contributed by atoms with Crippen LogP contribution in [0.1, 0.15) is 179 Å². The average molecular weight is 867 g/mol. The smallest absolute Gasteiger partial charge is 0.163 e. The molecule has 6 heteroatoms. The van der Waals surface area contributed by atoms with Crippen LogP contribution in [0.2, 0.25) is 0 Å². The van der Waals surface area contributed by atoms with Crippen LogP contribution >= 0.6 is 0 Å². The van der Waals surface area contributed by atoms with Crippen LogP contribution in [-0.4, -0.2) is 19.2 Å². The molecule has 3 aromatic heterocycles. The zero-order chi connectivity index (χ0) is 42.6. The Morgan fingerprint density at radius 1 is 0.466 bits per heavy atom. The summed E-state index contributed by atoms with van der Waals surface area (Å²) < 4.78 is 4.50. The molecule has 0 unspecified atom stereocenters. The zero-order valence-corrected chi connectivity index (χ0v) is 40.3. The molecule has 58 heavy (non-hydrogen) atoms. The fourth-order valence-corrected chi connectivity index (χ4v) is 7.00. The molecule has 0 radical (unpaired) electrons. The Morgan fingerprint density at radius 2 is 0.810 bits per heavy atom. The van der Waals surface area contributed by atoms with Crippen molar-refractivity contribution in [2.24, 2.45) is 0 Å². The van der Waals surface area contributed by atoms with E-state index in [-0.39, 0.29) is 21.1 Å². The Bertz CT molecular complexity index is 1890. The minimum atomic E-state index is 0. The Hall–Kier alpha value is -4.21. The number of nitrogen functional groups attached to an aromatic ring is 1. The molecule has 5 nitrogen and oxygen atoms in total. The van der Waals surface area contributed by atoms with E-state index >= 15 is 0 Å². The van der Waals surface area contributed by atoms with Crippen molar-refractivity contribution in [2.45, 2.75) is 145 Å². The monoisotopic (exact) mass is 868 g/mol. The van der Waals surface area contributed by atoms with Crippen molar-refractivity contribution in [3.8, 4) is 17.1 Å². The second-order valence-corrected chi connectivity index (χ2v) is 18.0. The number of para-hydroxylation sites is 2. The van der Waals surface area contributed by atoms with E-state index in [1.54, 1.807) is 0 Å². The summed E-state index contributed by atoms with van der Waals surface area (Å²) in [4.78, 5) is 2.86. The summed E-state index contributed by atoms with van der Waals surface area (Å²) in [5.74, 6) is 2.85. The molecule has 0 amide bonds. The van der Waals surface area contributed by atoms with Gasteiger partial charge in [-0.1, -0.05) is 158 Å². The predicted molar refractivity (Wildman–Crippen MR) is 248 cm³/mol. The molecule has 4 N–H and O–H groups in total. The largest absolute Gasteiger partial charge is 0.504 e. The first kappa shape index (κ1) is 49.9. The van der Waals surface area contributed by atoms with E-state index in [0.29, 0.717) is 46.7 Å². The number of hydrogen-bond acceptors (Lipinski definition) is 2. The number of phenols is 1. The number of phenolic OH excluding ortho intramolecular Hbond substituents is 1. The van der Waals surface area contributed by atoms with Crippen molar-refractivity contribution >= 4 is 5.69 Å². The van der Waals surface area contributed by atoms with Crippen LogP contribution in [-0.2, 0) is 26.5 Å². The van der Waals surface area contributed by atoms with Gasteiger partial charge in [-0.2, -0.15) is 0 Å². The molecule has 0 saturated heterocycles. The van der Waals surface area contributed by atoms with Crippen molar-refractivity contribution in [3.05, 3.63) is 155 Å². The average Bonchev–Trinajstić information content (AvgIpc) is 3.95. The van der Waals surface area contributed by atoms with Gasteiger partial charge < -0.3 is 25.0 Å². The number of rotatable bonds is 8. The van der Waals surface area contributed by atoms with E-state index in [4.69, 9.17) is 5.73 Å². The van der Waals surface area contributed by atoms with Gasteiger partial charge in [0.1, 0.15) is 0 Å². The van der Waals surface area contributed by atoms with E-state index in [2.05, 4.69) is 197 Å². The minimum Gasteiger partial charge on any atom is -0.504 e. The molecular weight excluding hydrogens is 793 g/mol. The topological polar surface area (TPSA) is 71.9 Å². The number of aromatic hydroxyl groups is 1. The van der Waals surface area contributed by atoms with Gasteiger partial charge in [-0.3, -0.25) is 0 Å². The third-order valence-corrected chi connectivity index (χ3v) is 10.3. The van der Waals surface area contributed by atoms with Crippen molar-refractivity contribution in [1.29, 1.82) is 0 Å². The number of H-pyrrole nitrogens is 1. The summed E-state index contributed by atoms with van der Waals surface area (Å²) in [7, 11) is 0. The van der Waals surface area contributed by atoms with Gasteiger partial charge in [0.2, 0.25) is 0 Å². The molecule has 314 valence electrons. The summed E-state index contributed by atoms with van der Waals surface area (Å²) in [5, 5.41) is 11.5. The fourth-order valence-electron chi connectivity index (χ4n) is 7.00. The molecule has 0 atom stereocenters. The fraction of sp³-hybridized carbons (Fsp3) is 0.423. The maximum absolute atomic E-state index is 11.5. The van der Waals surface area contributed by atoms with E-state index in [0.717, 1.165) is 17.1 Å². The first-order valence-electron chi connectivity index (χ1n) is 21.1. The van der Waals surface area contributed by atoms with Gasteiger partial charge in [0.25, 0.3) is 0 Å². The molecule has 3 aromatic carbocycles. The number of aromatic amines is 1. The standard InChI is InChI=1S/C26H36N2O.C12H19N.C10H14.C4H5N.Mo/c1-16(2)20-12-13-21(17(3)4)27(20)24-10-9-11-25(26(24)29)28-22(18(5)6)14-15-23(28)19(7)8;1-8(2)10-6-5-7-11(9(3)4)12(10)13;1-10(2,3)9-7-5-4-6-8-9;1-2-4-5-3-1;/h9-19,29H,1-8H3;5-9H,13H2,1-4H3;4-8H,1-3H3;1-5H;. The quantitative estimate of drug-likeness (QED) is 0.105. The van der Waals surface area contributed by atoms with Gasteiger partial charge in [0, 0.05) is 61.9 Å². The maximum atomic E-state index is 11.5. The van der Waals surface area contributed by atoms with Crippen molar-refractivity contribution in [3.63, 3.8) is 0 Å². The third kappa shape index (κ3) is 13.2. The molecule has 0 spiro atoms. The third-order valence-electron chi connectivity index (χ3n) is 10.3. The SMILES string of the molecule is CC(C)(C)c1ccccc1.CC(C)c1ccc(C(C)C)n1-c1cccc(-n2c(C(C)C)ccc2C(C)C)c1O.CC(C)c1cccc(C(C)C)c1N.[Mo].c1cc[nH]c1. The number of nitrogens with zero attached hydrogens (tertiary/aromatic N) is 2. The van der Waals surface area contributed by atoms with E-state index in [1.165, 1.54) is 39.5 Å². The van der Waals surface area contributed by atoms with Crippen LogP contribution in [0, 0.1) is 0 Å². The number of nitrogens with two attached hydrogens (primary N) is 1. The van der Waals surface area contributed by atoms with E-state index < -0.39 is 0 Å². The molecule has 0 aliphatic rings. The van der Waals surface area contributed by atoms with Gasteiger partial charge in [0.15, 0.2) is 5.75 Å². The Balaban J connectivity index is 0.000000327. The van der Waals surface area contributed by atoms with Gasteiger partial charge in [-0.15, -0.1) is 0 Å². The Labute approximate surface area is 366 Å². The van der Waals surface area contributed by atoms with Gasteiger partial charge in [-0.25, -0.2) is 0 Å². The summed E-state index contributed by atoms with van der Waals surface area (Å²) in [6.07, 6.45) is 3.75. The number of aromatic nitrogens is 3. The molecule has 6 aromatic rings. The van der Waals surface area contributed by atoms with E-state index in [9.17, 15) is 5.11 Å². The van der Waals surface area contributed by atoms with Crippen molar-refractivity contribution in [1.82, 2.24) is 14.1 Å². The Kier molecular flexibility index (Phi) is 19.6. The van der Waals surface area contributed by atoms with Crippen LogP contribution in [0.5, 0.6) is 5.75 Å². The zero-order valence-electron chi connectivity index (χ0n) is 38.3. The first-order chi connectivity index (χ1) is 26.8. The summed E-state index contributed by atoms with van der Waals surface area (Å²) in [6.45, 7) is 33.0. The van der Waals surface area contributed by atoms with Crippen molar-refractivity contribution in [2.75, 3.05) is 5.73 Å². The number of benzene rings is 3. The van der Waals surface area contributed by atoms with Crippen LogP contribution in [0.15, 0.2) is 116 Å². The molecule has 6 rings (SSSR count). The minimum absolute atomic E-state index is 0. The van der Waals surface area contributed by atoms with Crippen LogP contribution in [0.25, 0.3) is 11.4 Å². The summed E-state index contributed by atoms with van der Waals surface area (Å²) in [5.41, 5.74) is 17.9. The second-order valence-electron chi connectivity index (χ2n) is 18.0.